The van der Waals surface area contributed by atoms with E-state index in [-0.39, 0.29) is 54.8 Å². The fraction of sp³-hybridized carbons (Fsp3) is 0.846. The fourth-order valence-electron chi connectivity index (χ4n) is 2.06. The highest BCUT2D eigenvalue weighted by Gasteiger charge is 2.25. The van der Waals surface area contributed by atoms with E-state index in [0.29, 0.717) is 6.54 Å². The maximum Gasteiger partial charge on any atom is 0.221 e. The molecule has 0 saturated carbocycles. The lowest BCUT2D eigenvalue weighted by Gasteiger charge is -2.23. The van der Waals surface area contributed by atoms with Gasteiger partial charge in [0.15, 0.2) is 9.84 Å². The topological polar surface area (TPSA) is 104 Å². The Bertz CT molecular complexity index is 464. The van der Waals surface area contributed by atoms with E-state index in [1.807, 2.05) is 13.8 Å². The Hall–Kier alpha value is -1.15. The van der Waals surface area contributed by atoms with E-state index in [1.54, 1.807) is 0 Å². The first-order valence-corrected chi connectivity index (χ1v) is 9.14. The molecule has 2 atom stereocenters. The molecule has 0 aromatic carbocycles. The molecule has 0 aromatic rings. The van der Waals surface area contributed by atoms with Crippen molar-refractivity contribution < 1.29 is 18.0 Å². The highest BCUT2D eigenvalue weighted by molar-refractivity contribution is 7.91. The van der Waals surface area contributed by atoms with E-state index < -0.39 is 9.84 Å². The summed E-state index contributed by atoms with van der Waals surface area (Å²) in [6, 6.07) is -0.206. The molecule has 8 heteroatoms. The van der Waals surface area contributed by atoms with Gasteiger partial charge in [0, 0.05) is 38.0 Å². The van der Waals surface area contributed by atoms with Crippen molar-refractivity contribution in [1.29, 1.82) is 0 Å². The minimum atomic E-state index is -3.03. The smallest absolute Gasteiger partial charge is 0.221 e. The molecule has 1 rings (SSSR count). The van der Waals surface area contributed by atoms with Gasteiger partial charge in [-0.3, -0.25) is 9.59 Å². The predicted octanol–water partition coefficient (Wildman–Crippen LogP) is -0.816. The quantitative estimate of drug-likeness (QED) is 0.569. The summed E-state index contributed by atoms with van der Waals surface area (Å²) < 4.78 is 22.9. The van der Waals surface area contributed by atoms with Crippen LogP contribution >= 0.6 is 0 Å². The second kappa shape index (κ2) is 8.33. The predicted molar refractivity (Wildman–Crippen MR) is 80.6 cm³/mol. The van der Waals surface area contributed by atoms with Gasteiger partial charge in [-0.1, -0.05) is 6.92 Å². The first kappa shape index (κ1) is 17.9. The molecule has 2 amide bonds. The zero-order chi connectivity index (χ0) is 15.9. The average Bonchev–Trinajstić information content (AvgIpc) is 2.37. The molecular formula is C13H25N3O4S. The van der Waals surface area contributed by atoms with Gasteiger partial charge in [-0.25, -0.2) is 8.42 Å². The molecule has 1 fully saturated rings. The number of rotatable bonds is 7. The third-order valence-electron chi connectivity index (χ3n) is 3.43. The van der Waals surface area contributed by atoms with Gasteiger partial charge in [0.1, 0.15) is 0 Å². The van der Waals surface area contributed by atoms with E-state index >= 15 is 0 Å². The third kappa shape index (κ3) is 7.42. The van der Waals surface area contributed by atoms with Crippen molar-refractivity contribution in [3.63, 3.8) is 0 Å². The lowest BCUT2D eigenvalue weighted by molar-refractivity contribution is -0.122. The largest absolute Gasteiger partial charge is 0.356 e. The van der Waals surface area contributed by atoms with Crippen molar-refractivity contribution in [2.24, 2.45) is 0 Å². The van der Waals surface area contributed by atoms with Gasteiger partial charge in [0.25, 0.3) is 0 Å². The second-order valence-corrected chi connectivity index (χ2v) is 7.68. The van der Waals surface area contributed by atoms with E-state index in [0.717, 1.165) is 6.42 Å². The molecule has 0 bridgehead atoms. The van der Waals surface area contributed by atoms with E-state index in [9.17, 15) is 18.0 Å². The summed E-state index contributed by atoms with van der Waals surface area (Å²) >= 11 is 0. The molecule has 21 heavy (non-hydrogen) atoms. The van der Waals surface area contributed by atoms with Crippen molar-refractivity contribution in [3.05, 3.63) is 0 Å². The van der Waals surface area contributed by atoms with Crippen LogP contribution in [0.15, 0.2) is 0 Å². The number of carbonyl (C=O) groups excluding carboxylic acids is 2. The number of nitrogens with one attached hydrogen (secondary N) is 3. The lowest BCUT2D eigenvalue weighted by Crippen LogP contribution is -2.47. The van der Waals surface area contributed by atoms with Gasteiger partial charge in [0.2, 0.25) is 11.8 Å². The van der Waals surface area contributed by atoms with E-state index in [2.05, 4.69) is 16.0 Å². The summed E-state index contributed by atoms with van der Waals surface area (Å²) in [6.07, 6.45) is 1.21. The van der Waals surface area contributed by atoms with Gasteiger partial charge >= 0.3 is 0 Å². The van der Waals surface area contributed by atoms with Gasteiger partial charge in [-0.05, 0) is 13.3 Å². The van der Waals surface area contributed by atoms with Crippen LogP contribution < -0.4 is 16.0 Å². The van der Waals surface area contributed by atoms with Gasteiger partial charge in [0.05, 0.1) is 11.5 Å². The third-order valence-corrected chi connectivity index (χ3v) is 5.16. The number of sulfone groups is 1. The number of hydrogen-bond donors (Lipinski definition) is 3. The maximum atomic E-state index is 11.7. The minimum Gasteiger partial charge on any atom is -0.356 e. The van der Waals surface area contributed by atoms with Crippen molar-refractivity contribution >= 4 is 21.7 Å². The van der Waals surface area contributed by atoms with Crippen molar-refractivity contribution in [2.45, 2.75) is 45.2 Å². The van der Waals surface area contributed by atoms with Crippen LogP contribution in [0.4, 0.5) is 0 Å². The molecule has 122 valence electrons. The maximum absolute atomic E-state index is 11.7. The Labute approximate surface area is 126 Å². The first-order chi connectivity index (χ1) is 9.82. The van der Waals surface area contributed by atoms with Crippen molar-refractivity contribution in [1.82, 2.24) is 16.0 Å². The highest BCUT2D eigenvalue weighted by atomic mass is 32.2. The molecule has 0 aromatic heterocycles. The second-order valence-electron chi connectivity index (χ2n) is 5.45. The first-order valence-electron chi connectivity index (χ1n) is 7.32. The van der Waals surface area contributed by atoms with Gasteiger partial charge in [-0.2, -0.15) is 0 Å². The summed E-state index contributed by atoms with van der Waals surface area (Å²) in [5.41, 5.74) is 0. The molecule has 2 unspecified atom stereocenters. The van der Waals surface area contributed by atoms with Crippen LogP contribution in [0.5, 0.6) is 0 Å². The van der Waals surface area contributed by atoms with Crippen LogP contribution in [0.2, 0.25) is 0 Å². The Balaban J connectivity index is 2.21. The van der Waals surface area contributed by atoms with Crippen LogP contribution in [-0.4, -0.2) is 56.9 Å². The van der Waals surface area contributed by atoms with Crippen molar-refractivity contribution in [2.75, 3.05) is 24.6 Å². The summed E-state index contributed by atoms with van der Waals surface area (Å²) in [6.45, 7) is 4.56. The molecule has 7 nitrogen and oxygen atoms in total. The average molecular weight is 319 g/mol. The lowest BCUT2D eigenvalue weighted by atomic mass is 10.2. The molecule has 1 saturated heterocycles. The van der Waals surface area contributed by atoms with E-state index in [4.69, 9.17) is 0 Å². The Morgan fingerprint density at radius 3 is 2.67 bits per heavy atom. The highest BCUT2D eigenvalue weighted by Crippen LogP contribution is 2.04. The molecule has 0 spiro atoms. The molecular weight excluding hydrogens is 294 g/mol. The van der Waals surface area contributed by atoms with Gasteiger partial charge in [-0.15, -0.1) is 0 Å². The zero-order valence-corrected chi connectivity index (χ0v) is 13.5. The summed E-state index contributed by atoms with van der Waals surface area (Å²) in [7, 11) is -3.03. The molecule has 0 aliphatic carbocycles. The zero-order valence-electron chi connectivity index (χ0n) is 12.6. The van der Waals surface area contributed by atoms with Crippen LogP contribution in [0.1, 0.15) is 33.1 Å². The molecule has 1 heterocycles. The van der Waals surface area contributed by atoms with Crippen LogP contribution in [0.3, 0.4) is 0 Å². The summed E-state index contributed by atoms with van der Waals surface area (Å²) in [5, 5.41) is 8.48. The summed E-state index contributed by atoms with van der Waals surface area (Å²) in [5.74, 6) is -0.209. The van der Waals surface area contributed by atoms with Crippen LogP contribution in [0.25, 0.3) is 0 Å². The Kier molecular flexibility index (Phi) is 7.10. The standard InChI is InChI=1S/C13H25N3O4S/c1-3-10(2)16-12(17)4-5-15-13(18)8-11-9-21(19,20)7-6-14-11/h10-11,14H,3-9H2,1-2H3,(H,15,18)(H,16,17). The van der Waals surface area contributed by atoms with Gasteiger partial charge < -0.3 is 16.0 Å². The number of amides is 2. The Morgan fingerprint density at radius 2 is 2.05 bits per heavy atom. The van der Waals surface area contributed by atoms with Crippen molar-refractivity contribution in [3.8, 4) is 0 Å². The SMILES string of the molecule is CCC(C)NC(=O)CCNC(=O)CC1CS(=O)(=O)CCN1. The number of carbonyl (C=O) groups is 2. The fourth-order valence-corrected chi connectivity index (χ4v) is 3.50. The van der Waals surface area contributed by atoms with Crippen LogP contribution in [0, 0.1) is 0 Å². The number of hydrogen-bond acceptors (Lipinski definition) is 5. The van der Waals surface area contributed by atoms with Crippen LogP contribution in [-0.2, 0) is 19.4 Å². The monoisotopic (exact) mass is 319 g/mol. The van der Waals surface area contributed by atoms with E-state index in [1.165, 1.54) is 0 Å². The molecule has 0 radical (unpaired) electrons. The Morgan fingerprint density at radius 1 is 1.33 bits per heavy atom. The minimum absolute atomic E-state index is 0.00504. The molecule has 1 aliphatic rings. The molecule has 3 N–H and O–H groups in total. The summed E-state index contributed by atoms with van der Waals surface area (Å²) in [4.78, 5) is 23.2. The normalized spacial score (nSPS) is 22.3. The molecule has 1 aliphatic heterocycles.